The van der Waals surface area contributed by atoms with Crippen LogP contribution in [0.15, 0.2) is 0 Å². The summed E-state index contributed by atoms with van der Waals surface area (Å²) in [6.45, 7) is 9.17. The van der Waals surface area contributed by atoms with Crippen molar-refractivity contribution in [2.45, 2.75) is 78.7 Å². The quantitative estimate of drug-likeness (QED) is 0.607. The predicted molar refractivity (Wildman–Crippen MR) is 74.4 cm³/mol. The molecule has 3 nitrogen and oxygen atoms in total. The lowest BCUT2D eigenvalue weighted by atomic mass is 10.1. The maximum atomic E-state index is 10.7. The van der Waals surface area contributed by atoms with E-state index in [1.54, 1.807) is 0 Å². The van der Waals surface area contributed by atoms with Crippen LogP contribution in [-0.2, 0) is 4.79 Å². The van der Waals surface area contributed by atoms with Crippen molar-refractivity contribution in [2.24, 2.45) is 0 Å². The molecule has 0 saturated carbocycles. The molecule has 0 bridgehead atoms. The summed E-state index contributed by atoms with van der Waals surface area (Å²) in [6, 6.07) is -0.346. The van der Waals surface area contributed by atoms with Crippen molar-refractivity contribution in [3.63, 3.8) is 0 Å². The van der Waals surface area contributed by atoms with Gasteiger partial charge in [0.05, 0.1) is 0 Å². The predicted octanol–water partition coefficient (Wildman–Crippen LogP) is 3.83. The van der Waals surface area contributed by atoms with Crippen molar-refractivity contribution < 1.29 is 9.90 Å². The second kappa shape index (κ2) is 15.4. The maximum Gasteiger partial charge on any atom is 0.320 e. The smallest absolute Gasteiger partial charge is 0.320 e. The van der Waals surface area contributed by atoms with E-state index in [2.05, 4.69) is 26.1 Å². The van der Waals surface area contributed by atoms with Gasteiger partial charge >= 0.3 is 5.97 Å². The number of aliphatic carboxylic acids is 1. The van der Waals surface area contributed by atoms with Crippen molar-refractivity contribution in [3.05, 3.63) is 0 Å². The number of rotatable bonds is 9. The highest BCUT2D eigenvalue weighted by atomic mass is 16.4. The first-order valence-electron chi connectivity index (χ1n) is 7.10. The van der Waals surface area contributed by atoms with Crippen LogP contribution < -0.4 is 5.32 Å². The van der Waals surface area contributed by atoms with Crippen LogP contribution in [0.5, 0.6) is 0 Å². The van der Waals surface area contributed by atoms with Crippen molar-refractivity contribution in [1.82, 2.24) is 5.32 Å². The van der Waals surface area contributed by atoms with E-state index in [0.29, 0.717) is 0 Å². The fraction of sp³-hybridized carbons (Fsp3) is 0.929. The van der Waals surface area contributed by atoms with Crippen LogP contribution in [0.2, 0.25) is 0 Å². The van der Waals surface area contributed by atoms with Crippen molar-refractivity contribution in [2.75, 3.05) is 6.54 Å². The van der Waals surface area contributed by atoms with Gasteiger partial charge in [-0.3, -0.25) is 4.79 Å². The van der Waals surface area contributed by atoms with Crippen molar-refractivity contribution in [3.8, 4) is 0 Å². The van der Waals surface area contributed by atoms with Crippen LogP contribution in [0.1, 0.15) is 72.6 Å². The second-order valence-corrected chi connectivity index (χ2v) is 4.30. The summed E-state index contributed by atoms with van der Waals surface area (Å²) in [7, 11) is 0. The van der Waals surface area contributed by atoms with E-state index < -0.39 is 5.97 Å². The summed E-state index contributed by atoms with van der Waals surface area (Å²) < 4.78 is 0. The third kappa shape index (κ3) is 15.4. The number of carbonyl (C=O) groups is 1. The number of carboxylic acids is 1. The Labute approximate surface area is 107 Å². The minimum absolute atomic E-state index is 0.346. The molecule has 17 heavy (non-hydrogen) atoms. The van der Waals surface area contributed by atoms with E-state index in [9.17, 15) is 4.79 Å². The molecule has 0 aromatic rings. The van der Waals surface area contributed by atoms with Crippen LogP contribution in [0, 0.1) is 0 Å². The molecule has 3 heteroatoms. The monoisotopic (exact) mass is 245 g/mol. The Kier molecular flexibility index (Phi) is 17.1. The number of unbranched alkanes of at least 4 members (excludes halogenated alkanes) is 4. The minimum Gasteiger partial charge on any atom is -0.480 e. The summed E-state index contributed by atoms with van der Waals surface area (Å²) in [6.07, 6.45) is 7.95. The fourth-order valence-corrected chi connectivity index (χ4v) is 1.33. The lowest BCUT2D eigenvalue weighted by molar-refractivity contribution is -0.139. The van der Waals surface area contributed by atoms with Crippen molar-refractivity contribution >= 4 is 5.97 Å². The largest absolute Gasteiger partial charge is 0.480 e. The van der Waals surface area contributed by atoms with Gasteiger partial charge in [0.2, 0.25) is 0 Å². The molecule has 0 saturated heterocycles. The zero-order chi connectivity index (χ0) is 13.5. The van der Waals surface area contributed by atoms with E-state index >= 15 is 0 Å². The Morgan fingerprint density at radius 2 is 1.59 bits per heavy atom. The van der Waals surface area contributed by atoms with Gasteiger partial charge < -0.3 is 10.4 Å². The highest BCUT2D eigenvalue weighted by molar-refractivity contribution is 5.73. The van der Waals surface area contributed by atoms with Gasteiger partial charge in [-0.25, -0.2) is 0 Å². The average molecular weight is 245 g/mol. The van der Waals surface area contributed by atoms with Crippen LogP contribution in [0.4, 0.5) is 0 Å². The average Bonchev–Trinajstić information content (AvgIpc) is 2.33. The molecule has 0 amide bonds. The summed E-state index contributed by atoms with van der Waals surface area (Å²) in [5.41, 5.74) is 0. The Bertz CT molecular complexity index is 158. The third-order valence-corrected chi connectivity index (χ3v) is 2.59. The molecule has 104 valence electrons. The molecule has 0 rings (SSSR count). The first-order chi connectivity index (χ1) is 8.13. The zero-order valence-electron chi connectivity index (χ0n) is 12.1. The molecular weight excluding hydrogens is 214 g/mol. The number of hydrogen-bond donors (Lipinski definition) is 2. The third-order valence-electron chi connectivity index (χ3n) is 2.59. The second-order valence-electron chi connectivity index (χ2n) is 4.30. The van der Waals surface area contributed by atoms with E-state index in [1.807, 2.05) is 6.92 Å². The Morgan fingerprint density at radius 1 is 1.00 bits per heavy atom. The molecule has 0 radical (unpaired) electrons. The number of likely N-dealkylation sites (N-methyl/N-ethyl adjacent to an activating group) is 1. The van der Waals surface area contributed by atoms with Gasteiger partial charge in [0, 0.05) is 0 Å². The standard InChI is InChI=1S/C10H21NO2.C4H10/c1-3-5-6-7-8-9(10(12)13)11-4-2;1-3-4-2/h9,11H,3-8H2,1-2H3,(H,12,13);3-4H2,1-2H3. The molecule has 0 heterocycles. The normalized spacial score (nSPS) is 11.5. The van der Waals surface area contributed by atoms with Crippen LogP contribution >= 0.6 is 0 Å². The summed E-state index contributed by atoms with van der Waals surface area (Å²) in [4.78, 5) is 10.7. The summed E-state index contributed by atoms with van der Waals surface area (Å²) in [5, 5.41) is 11.8. The molecule has 0 spiro atoms. The lowest BCUT2D eigenvalue weighted by Crippen LogP contribution is -2.36. The Morgan fingerprint density at radius 3 is 1.94 bits per heavy atom. The van der Waals surface area contributed by atoms with Gasteiger partial charge in [0.15, 0.2) is 0 Å². The molecule has 0 aliphatic heterocycles. The Balaban J connectivity index is 0. The van der Waals surface area contributed by atoms with E-state index in [1.165, 1.54) is 25.7 Å². The highest BCUT2D eigenvalue weighted by Crippen LogP contribution is 2.05. The van der Waals surface area contributed by atoms with Crippen LogP contribution in [-0.4, -0.2) is 23.7 Å². The molecule has 0 fully saturated rings. The van der Waals surface area contributed by atoms with Gasteiger partial charge in [-0.1, -0.05) is 66.2 Å². The van der Waals surface area contributed by atoms with Gasteiger partial charge in [-0.2, -0.15) is 0 Å². The molecule has 0 aromatic carbocycles. The topological polar surface area (TPSA) is 49.3 Å². The maximum absolute atomic E-state index is 10.7. The van der Waals surface area contributed by atoms with E-state index in [0.717, 1.165) is 25.8 Å². The molecular formula is C14H31NO2. The Hall–Kier alpha value is -0.570. The van der Waals surface area contributed by atoms with Gasteiger partial charge in [0.25, 0.3) is 0 Å². The molecule has 2 N–H and O–H groups in total. The minimum atomic E-state index is -0.724. The van der Waals surface area contributed by atoms with Gasteiger partial charge in [-0.05, 0) is 13.0 Å². The molecule has 0 aliphatic rings. The van der Waals surface area contributed by atoms with Crippen LogP contribution in [0.25, 0.3) is 0 Å². The molecule has 0 aliphatic carbocycles. The highest BCUT2D eigenvalue weighted by Gasteiger charge is 2.14. The molecule has 1 atom stereocenters. The van der Waals surface area contributed by atoms with Crippen LogP contribution in [0.3, 0.4) is 0 Å². The molecule has 1 unspecified atom stereocenters. The number of carboxylic acid groups (broad SMARTS) is 1. The summed E-state index contributed by atoms with van der Waals surface area (Å²) >= 11 is 0. The lowest BCUT2D eigenvalue weighted by Gasteiger charge is -2.12. The first kappa shape index (κ1) is 18.8. The number of nitrogens with one attached hydrogen (secondary N) is 1. The van der Waals surface area contributed by atoms with E-state index in [-0.39, 0.29) is 6.04 Å². The van der Waals surface area contributed by atoms with Crippen molar-refractivity contribution in [1.29, 1.82) is 0 Å². The van der Waals surface area contributed by atoms with Gasteiger partial charge in [-0.15, -0.1) is 0 Å². The SMILES string of the molecule is CCCC.CCCCCCC(NCC)C(=O)O. The number of hydrogen-bond acceptors (Lipinski definition) is 2. The fourth-order valence-electron chi connectivity index (χ4n) is 1.33. The van der Waals surface area contributed by atoms with E-state index in [4.69, 9.17) is 5.11 Å². The molecule has 0 aromatic heterocycles. The zero-order valence-corrected chi connectivity index (χ0v) is 12.1. The summed E-state index contributed by atoms with van der Waals surface area (Å²) in [5.74, 6) is -0.724. The van der Waals surface area contributed by atoms with Gasteiger partial charge in [0.1, 0.15) is 6.04 Å². The first-order valence-corrected chi connectivity index (χ1v) is 7.10.